The number of nitrogen functional groups attached to an aromatic ring is 1. The van der Waals surface area contributed by atoms with Crippen molar-refractivity contribution in [2.24, 2.45) is 0 Å². The summed E-state index contributed by atoms with van der Waals surface area (Å²) in [5.41, 5.74) is 7.22. The van der Waals surface area contributed by atoms with Gasteiger partial charge in [0.1, 0.15) is 0 Å². The molecule has 84 valence electrons. The van der Waals surface area contributed by atoms with Gasteiger partial charge in [0.05, 0.1) is 11.4 Å². The first-order valence-electron chi connectivity index (χ1n) is 4.56. The van der Waals surface area contributed by atoms with Crippen molar-refractivity contribution >= 4 is 34.9 Å². The molecule has 0 bridgehead atoms. The summed E-state index contributed by atoms with van der Waals surface area (Å²) in [6, 6.07) is 0. The molecule has 0 aliphatic heterocycles. The molecule has 0 atom stereocenters. The van der Waals surface area contributed by atoms with Crippen LogP contribution in [0.15, 0.2) is 0 Å². The average Bonchev–Trinajstić information content (AvgIpc) is 2.19. The first-order valence-corrected chi connectivity index (χ1v) is 6.33. The Balaban J connectivity index is 2.92. The lowest BCUT2D eigenvalue weighted by atomic mass is 10.3. The third-order valence-corrected chi connectivity index (χ3v) is 2.84. The molecule has 0 aliphatic rings. The summed E-state index contributed by atoms with van der Waals surface area (Å²) in [6.07, 6.45) is 2.06. The summed E-state index contributed by atoms with van der Waals surface area (Å²) < 4.78 is 0. The Morgan fingerprint density at radius 1 is 1.47 bits per heavy atom. The van der Waals surface area contributed by atoms with Gasteiger partial charge >= 0.3 is 0 Å². The number of hydrogen-bond acceptors (Lipinski definition) is 5. The number of nitrogens with two attached hydrogens (primary N) is 1. The molecule has 1 rings (SSSR count). The lowest BCUT2D eigenvalue weighted by molar-refractivity contribution is 0.933. The number of anilines is 2. The van der Waals surface area contributed by atoms with Crippen LogP contribution in [0.1, 0.15) is 5.69 Å². The zero-order valence-electron chi connectivity index (χ0n) is 9.12. The molecule has 0 fully saturated rings. The number of rotatable bonds is 4. The molecule has 0 saturated heterocycles. The Hall–Kier alpha value is -0.680. The normalized spacial score (nSPS) is 10.4. The van der Waals surface area contributed by atoms with E-state index in [0.29, 0.717) is 11.5 Å². The maximum atomic E-state index is 5.89. The van der Waals surface area contributed by atoms with Crippen LogP contribution in [0.25, 0.3) is 0 Å². The Bertz CT molecular complexity index is 345. The summed E-state index contributed by atoms with van der Waals surface area (Å²) >= 11 is 7.57. The predicted molar refractivity (Wildman–Crippen MR) is 67.8 cm³/mol. The van der Waals surface area contributed by atoms with E-state index in [-0.39, 0.29) is 5.28 Å². The van der Waals surface area contributed by atoms with Gasteiger partial charge < -0.3 is 10.6 Å². The molecule has 0 aliphatic carbocycles. The molecule has 1 heterocycles. The largest absolute Gasteiger partial charge is 0.394 e. The molecule has 6 heteroatoms. The molecule has 0 aromatic carbocycles. The summed E-state index contributed by atoms with van der Waals surface area (Å²) in [5, 5.41) is 0.243. The maximum absolute atomic E-state index is 5.89. The van der Waals surface area contributed by atoms with Crippen LogP contribution in [0.4, 0.5) is 11.5 Å². The third kappa shape index (κ3) is 3.14. The van der Waals surface area contributed by atoms with E-state index in [9.17, 15) is 0 Å². The Morgan fingerprint density at radius 3 is 2.73 bits per heavy atom. The van der Waals surface area contributed by atoms with Gasteiger partial charge in [0.25, 0.3) is 0 Å². The zero-order chi connectivity index (χ0) is 11.4. The molecule has 4 nitrogen and oxygen atoms in total. The Morgan fingerprint density at radius 2 is 2.13 bits per heavy atom. The quantitative estimate of drug-likeness (QED) is 0.822. The first kappa shape index (κ1) is 12.4. The van der Waals surface area contributed by atoms with E-state index in [4.69, 9.17) is 17.3 Å². The predicted octanol–water partition coefficient (Wildman–Crippen LogP) is 1.82. The second-order valence-corrected chi connectivity index (χ2v) is 4.55. The second-order valence-electron chi connectivity index (χ2n) is 3.23. The summed E-state index contributed by atoms with van der Waals surface area (Å²) in [4.78, 5) is 10.1. The smallest absolute Gasteiger partial charge is 0.224 e. The monoisotopic (exact) mass is 246 g/mol. The van der Waals surface area contributed by atoms with Gasteiger partial charge in [-0.15, -0.1) is 0 Å². The molecule has 0 unspecified atom stereocenters. The fourth-order valence-electron chi connectivity index (χ4n) is 1.16. The minimum Gasteiger partial charge on any atom is -0.394 e. The lowest BCUT2D eigenvalue weighted by Crippen LogP contribution is -2.23. The summed E-state index contributed by atoms with van der Waals surface area (Å²) in [6.45, 7) is 2.72. The SMILES string of the molecule is CSCCN(C)c1nc(Cl)nc(C)c1N. The van der Waals surface area contributed by atoms with Crippen molar-refractivity contribution < 1.29 is 0 Å². The highest BCUT2D eigenvalue weighted by molar-refractivity contribution is 7.98. The van der Waals surface area contributed by atoms with Crippen molar-refractivity contribution in [1.29, 1.82) is 0 Å². The number of aryl methyl sites for hydroxylation is 1. The standard InChI is InChI=1S/C9H15ClN4S/c1-6-7(11)8(13-9(10)12-6)14(2)4-5-15-3/h4-5,11H2,1-3H3. The van der Waals surface area contributed by atoms with Crippen molar-refractivity contribution in [3.05, 3.63) is 11.0 Å². The van der Waals surface area contributed by atoms with Crippen LogP contribution < -0.4 is 10.6 Å². The van der Waals surface area contributed by atoms with E-state index in [2.05, 4.69) is 16.2 Å². The molecule has 1 aromatic heterocycles. The van der Waals surface area contributed by atoms with Crippen LogP contribution in [0.3, 0.4) is 0 Å². The van der Waals surface area contributed by atoms with Crippen LogP contribution in [-0.4, -0.2) is 35.6 Å². The van der Waals surface area contributed by atoms with E-state index < -0.39 is 0 Å². The van der Waals surface area contributed by atoms with Gasteiger partial charge in [0, 0.05) is 19.3 Å². The first-order chi connectivity index (χ1) is 7.06. The minimum atomic E-state index is 0.243. The fraction of sp³-hybridized carbons (Fsp3) is 0.556. The molecule has 15 heavy (non-hydrogen) atoms. The highest BCUT2D eigenvalue weighted by Gasteiger charge is 2.11. The topological polar surface area (TPSA) is 55.0 Å². The van der Waals surface area contributed by atoms with Crippen molar-refractivity contribution in [3.63, 3.8) is 0 Å². The summed E-state index contributed by atoms with van der Waals surface area (Å²) in [5.74, 6) is 1.73. The molecule has 0 radical (unpaired) electrons. The van der Waals surface area contributed by atoms with Crippen molar-refractivity contribution in [1.82, 2.24) is 9.97 Å². The van der Waals surface area contributed by atoms with Crippen molar-refractivity contribution in [2.75, 3.05) is 36.2 Å². The van der Waals surface area contributed by atoms with Gasteiger partial charge in [-0.3, -0.25) is 0 Å². The fourth-order valence-corrected chi connectivity index (χ4v) is 1.82. The van der Waals surface area contributed by atoms with E-state index >= 15 is 0 Å². The molecular formula is C9H15ClN4S. The number of hydrogen-bond donors (Lipinski definition) is 1. The molecule has 1 aromatic rings. The van der Waals surface area contributed by atoms with E-state index in [0.717, 1.165) is 18.0 Å². The molecular weight excluding hydrogens is 232 g/mol. The Labute approximate surface area is 99.2 Å². The number of thioether (sulfide) groups is 1. The van der Waals surface area contributed by atoms with Gasteiger partial charge in [-0.25, -0.2) is 4.98 Å². The third-order valence-electron chi connectivity index (χ3n) is 2.08. The van der Waals surface area contributed by atoms with Crippen LogP contribution in [0, 0.1) is 6.92 Å². The number of aromatic nitrogens is 2. The van der Waals surface area contributed by atoms with E-state index in [1.54, 1.807) is 11.8 Å². The van der Waals surface area contributed by atoms with E-state index in [1.165, 1.54) is 0 Å². The van der Waals surface area contributed by atoms with Crippen LogP contribution in [0.2, 0.25) is 5.28 Å². The van der Waals surface area contributed by atoms with Crippen molar-refractivity contribution in [3.8, 4) is 0 Å². The van der Waals surface area contributed by atoms with Gasteiger partial charge in [-0.2, -0.15) is 16.7 Å². The van der Waals surface area contributed by atoms with Crippen molar-refractivity contribution in [2.45, 2.75) is 6.92 Å². The summed E-state index contributed by atoms with van der Waals surface area (Å²) in [7, 11) is 1.95. The highest BCUT2D eigenvalue weighted by atomic mass is 35.5. The van der Waals surface area contributed by atoms with Crippen LogP contribution in [0.5, 0.6) is 0 Å². The van der Waals surface area contributed by atoms with Crippen LogP contribution in [-0.2, 0) is 0 Å². The highest BCUT2D eigenvalue weighted by Crippen LogP contribution is 2.23. The molecule has 2 N–H and O–H groups in total. The second kappa shape index (κ2) is 5.42. The minimum absolute atomic E-state index is 0.243. The maximum Gasteiger partial charge on any atom is 0.224 e. The van der Waals surface area contributed by atoms with Gasteiger partial charge in [0.15, 0.2) is 5.82 Å². The molecule has 0 saturated carbocycles. The number of nitrogens with zero attached hydrogens (tertiary/aromatic N) is 3. The lowest BCUT2D eigenvalue weighted by Gasteiger charge is -2.19. The van der Waals surface area contributed by atoms with Gasteiger partial charge in [-0.05, 0) is 24.8 Å². The average molecular weight is 247 g/mol. The van der Waals surface area contributed by atoms with Crippen LogP contribution >= 0.6 is 23.4 Å². The van der Waals surface area contributed by atoms with E-state index in [1.807, 2.05) is 18.9 Å². The van der Waals surface area contributed by atoms with Gasteiger partial charge in [0.2, 0.25) is 5.28 Å². The molecule has 0 spiro atoms. The molecule has 0 amide bonds. The number of halogens is 1. The van der Waals surface area contributed by atoms with Gasteiger partial charge in [-0.1, -0.05) is 0 Å². The zero-order valence-corrected chi connectivity index (χ0v) is 10.7. The Kier molecular flexibility index (Phi) is 4.47.